The summed E-state index contributed by atoms with van der Waals surface area (Å²) < 4.78 is 40.4. The number of aromatic nitrogens is 2. The Hall–Kier alpha value is -3.37. The van der Waals surface area contributed by atoms with Crippen LogP contribution in [0.1, 0.15) is 37.7 Å². The number of ether oxygens (including phenoxy) is 2. The number of aliphatic carboxylic acids is 1. The number of sulfonamides is 1. The smallest absolute Gasteiger partial charge is 0.328 e. The number of imidazole rings is 1. The molecular weight excluding hydrogens is 446 g/mol. The molecule has 1 unspecified atom stereocenters. The summed E-state index contributed by atoms with van der Waals surface area (Å²) in [5.41, 5.74) is 1.88. The van der Waals surface area contributed by atoms with Crippen LogP contribution in [0.4, 0.5) is 0 Å². The van der Waals surface area contributed by atoms with E-state index in [9.17, 15) is 13.2 Å². The molecule has 0 aliphatic rings. The molecule has 0 aliphatic heterocycles. The Morgan fingerprint density at radius 1 is 1.21 bits per heavy atom. The summed E-state index contributed by atoms with van der Waals surface area (Å²) in [5, 5.41) is 8.94. The second kappa shape index (κ2) is 10.1. The minimum absolute atomic E-state index is 0.0189. The molecule has 10 heteroatoms. The largest absolute Gasteiger partial charge is 0.493 e. The first-order valence-corrected chi connectivity index (χ1v) is 11.8. The van der Waals surface area contributed by atoms with Gasteiger partial charge in [0.2, 0.25) is 10.0 Å². The number of methoxy groups -OCH3 is 2. The molecule has 3 aromatic rings. The van der Waals surface area contributed by atoms with Crippen molar-refractivity contribution in [1.29, 1.82) is 0 Å². The Balaban J connectivity index is 2.07. The highest BCUT2D eigenvalue weighted by molar-refractivity contribution is 7.89. The van der Waals surface area contributed by atoms with Crippen molar-refractivity contribution in [2.24, 2.45) is 5.92 Å². The third-order valence-corrected chi connectivity index (χ3v) is 6.39. The zero-order chi connectivity index (χ0) is 24.2. The molecule has 3 rings (SSSR count). The van der Waals surface area contributed by atoms with Crippen LogP contribution in [-0.4, -0.2) is 43.7 Å². The number of aromatic amines is 1. The van der Waals surface area contributed by atoms with E-state index in [0.717, 1.165) is 17.1 Å². The van der Waals surface area contributed by atoms with E-state index in [1.54, 1.807) is 0 Å². The highest BCUT2D eigenvalue weighted by Crippen LogP contribution is 2.37. The standard InChI is InChI=1S/C23H27N3O6S/c1-14(2)11-18(23-24-16-7-5-6-8-17(16)25-23)26-33(29,30)20-13-15(9-10-21(27)28)12-19(31-3)22(20)32-4/h5-10,12-14,18,26H,11H2,1-4H3,(H,24,25)(H,27,28). The SMILES string of the molecule is COc1cc(C=CC(=O)O)cc(S(=O)(=O)NC(CC(C)C)c2nc3ccccc3[nH]2)c1OC. The quantitative estimate of drug-likeness (QED) is 0.382. The lowest BCUT2D eigenvalue weighted by Crippen LogP contribution is -2.30. The summed E-state index contributed by atoms with van der Waals surface area (Å²) in [5.74, 6) is -0.303. The average molecular weight is 474 g/mol. The molecule has 0 aliphatic carbocycles. The highest BCUT2D eigenvalue weighted by atomic mass is 32.2. The Kier molecular flexibility index (Phi) is 7.39. The number of nitrogens with zero attached hydrogens (tertiary/aromatic N) is 1. The molecule has 3 N–H and O–H groups in total. The van der Waals surface area contributed by atoms with Crippen LogP contribution in [-0.2, 0) is 14.8 Å². The van der Waals surface area contributed by atoms with Crippen molar-refractivity contribution in [3.63, 3.8) is 0 Å². The Morgan fingerprint density at radius 2 is 1.94 bits per heavy atom. The lowest BCUT2D eigenvalue weighted by atomic mass is 10.0. The number of H-pyrrole nitrogens is 1. The zero-order valence-corrected chi connectivity index (χ0v) is 19.6. The van der Waals surface area contributed by atoms with Gasteiger partial charge in [0.1, 0.15) is 10.7 Å². The molecule has 176 valence electrons. The number of carboxylic acid groups (broad SMARTS) is 1. The van der Waals surface area contributed by atoms with Crippen LogP contribution in [0.15, 0.2) is 47.4 Å². The summed E-state index contributed by atoms with van der Waals surface area (Å²) in [6.45, 7) is 3.98. The van der Waals surface area contributed by atoms with Crippen LogP contribution in [0.5, 0.6) is 11.5 Å². The molecule has 0 amide bonds. The van der Waals surface area contributed by atoms with Gasteiger partial charge in [-0.25, -0.2) is 22.9 Å². The molecule has 0 saturated carbocycles. The molecule has 2 aromatic carbocycles. The number of para-hydroxylation sites is 2. The Morgan fingerprint density at radius 3 is 2.55 bits per heavy atom. The first-order valence-electron chi connectivity index (χ1n) is 10.3. The van der Waals surface area contributed by atoms with Gasteiger partial charge in [-0.05, 0) is 48.2 Å². The van der Waals surface area contributed by atoms with E-state index in [2.05, 4.69) is 14.7 Å². The molecular formula is C23H27N3O6S. The van der Waals surface area contributed by atoms with Crippen molar-refractivity contribution in [2.75, 3.05) is 14.2 Å². The van der Waals surface area contributed by atoms with E-state index >= 15 is 0 Å². The maximum Gasteiger partial charge on any atom is 0.328 e. The summed E-state index contributed by atoms with van der Waals surface area (Å²) in [4.78, 5) is 18.5. The van der Waals surface area contributed by atoms with Crippen LogP contribution in [0.2, 0.25) is 0 Å². The maximum absolute atomic E-state index is 13.5. The van der Waals surface area contributed by atoms with Gasteiger partial charge in [-0.15, -0.1) is 0 Å². The summed E-state index contributed by atoms with van der Waals surface area (Å²) in [6.07, 6.45) is 2.70. The number of benzene rings is 2. The van der Waals surface area contributed by atoms with E-state index in [-0.39, 0.29) is 22.3 Å². The first-order chi connectivity index (χ1) is 15.6. The van der Waals surface area contributed by atoms with E-state index in [1.165, 1.54) is 32.4 Å². The maximum atomic E-state index is 13.5. The molecule has 9 nitrogen and oxygen atoms in total. The van der Waals surface area contributed by atoms with E-state index in [0.29, 0.717) is 17.8 Å². The lowest BCUT2D eigenvalue weighted by molar-refractivity contribution is -0.131. The van der Waals surface area contributed by atoms with Gasteiger partial charge in [0.15, 0.2) is 11.5 Å². The van der Waals surface area contributed by atoms with Gasteiger partial charge in [0.25, 0.3) is 0 Å². The third-order valence-electron chi connectivity index (χ3n) is 4.92. The average Bonchev–Trinajstić information content (AvgIpc) is 3.20. The molecule has 0 saturated heterocycles. The number of carboxylic acids is 1. The number of nitrogens with one attached hydrogen (secondary N) is 2. The number of rotatable bonds is 10. The first kappa shape index (κ1) is 24.3. The molecule has 0 bridgehead atoms. The van der Waals surface area contributed by atoms with Crippen molar-refractivity contribution >= 4 is 33.1 Å². The second-order valence-corrected chi connectivity index (χ2v) is 9.55. The van der Waals surface area contributed by atoms with Crippen LogP contribution in [0.25, 0.3) is 17.1 Å². The Labute approximate surface area is 192 Å². The zero-order valence-electron chi connectivity index (χ0n) is 18.8. The lowest BCUT2D eigenvalue weighted by Gasteiger charge is -2.20. The van der Waals surface area contributed by atoms with Crippen molar-refractivity contribution < 1.29 is 27.8 Å². The van der Waals surface area contributed by atoms with Gasteiger partial charge in [-0.3, -0.25) is 0 Å². The van der Waals surface area contributed by atoms with Crippen LogP contribution >= 0.6 is 0 Å². The Bertz CT molecular complexity index is 1250. The van der Waals surface area contributed by atoms with Crippen molar-refractivity contribution in [3.8, 4) is 11.5 Å². The molecule has 33 heavy (non-hydrogen) atoms. The second-order valence-electron chi connectivity index (χ2n) is 7.87. The normalized spacial score (nSPS) is 13.0. The van der Waals surface area contributed by atoms with E-state index in [1.807, 2.05) is 38.1 Å². The van der Waals surface area contributed by atoms with E-state index in [4.69, 9.17) is 14.6 Å². The van der Waals surface area contributed by atoms with Crippen LogP contribution < -0.4 is 14.2 Å². The minimum Gasteiger partial charge on any atom is -0.493 e. The van der Waals surface area contributed by atoms with Crippen LogP contribution in [0.3, 0.4) is 0 Å². The monoisotopic (exact) mass is 473 g/mol. The van der Waals surface area contributed by atoms with Gasteiger partial charge in [-0.1, -0.05) is 26.0 Å². The van der Waals surface area contributed by atoms with Gasteiger partial charge in [0, 0.05) is 6.08 Å². The number of fused-ring (bicyclic) bond motifs is 1. The molecule has 1 aromatic heterocycles. The van der Waals surface area contributed by atoms with E-state index < -0.39 is 22.0 Å². The molecule has 1 atom stereocenters. The van der Waals surface area contributed by atoms with Gasteiger partial charge in [0.05, 0.1) is 31.3 Å². The molecule has 0 spiro atoms. The van der Waals surface area contributed by atoms with Gasteiger partial charge < -0.3 is 19.6 Å². The van der Waals surface area contributed by atoms with Gasteiger partial charge in [-0.2, -0.15) is 0 Å². The van der Waals surface area contributed by atoms with Crippen molar-refractivity contribution in [3.05, 3.63) is 53.9 Å². The highest BCUT2D eigenvalue weighted by Gasteiger charge is 2.29. The van der Waals surface area contributed by atoms with Crippen molar-refractivity contribution in [2.45, 2.75) is 31.2 Å². The summed E-state index contributed by atoms with van der Waals surface area (Å²) in [6, 6.07) is 9.68. The van der Waals surface area contributed by atoms with Gasteiger partial charge >= 0.3 is 5.97 Å². The number of carbonyl (C=O) groups is 1. The summed E-state index contributed by atoms with van der Waals surface area (Å²) in [7, 11) is -1.40. The van der Waals surface area contributed by atoms with Crippen LogP contribution in [0, 0.1) is 5.92 Å². The topological polar surface area (TPSA) is 131 Å². The molecule has 0 radical (unpaired) electrons. The number of hydrogen-bond acceptors (Lipinski definition) is 6. The minimum atomic E-state index is -4.12. The third kappa shape index (κ3) is 5.71. The summed E-state index contributed by atoms with van der Waals surface area (Å²) >= 11 is 0. The molecule has 1 heterocycles. The fraction of sp³-hybridized carbons (Fsp3) is 0.304. The fourth-order valence-corrected chi connectivity index (χ4v) is 4.92. The van der Waals surface area contributed by atoms with Crippen molar-refractivity contribution in [1.82, 2.24) is 14.7 Å². The predicted molar refractivity (Wildman–Crippen MR) is 125 cm³/mol. The predicted octanol–water partition coefficient (Wildman–Crippen LogP) is 3.74. The fourth-order valence-electron chi connectivity index (χ4n) is 3.49. The number of hydrogen-bond donors (Lipinski definition) is 3. The molecule has 0 fully saturated rings.